The zero-order valence-electron chi connectivity index (χ0n) is 37.3. The third-order valence-corrected chi connectivity index (χ3v) is 13.2. The fourth-order valence-corrected chi connectivity index (χ4v) is 9.57. The predicted octanol–water partition coefficient (Wildman–Crippen LogP) is 13.5. The molecule has 9 aromatic rings. The summed E-state index contributed by atoms with van der Waals surface area (Å²) in [5, 5.41) is 0. The molecule has 9 aromatic carbocycles. The summed E-state index contributed by atoms with van der Waals surface area (Å²) in [7, 11) is -3.08. The Morgan fingerprint density at radius 1 is 0.435 bits per heavy atom. The first-order chi connectivity index (χ1) is 33.5. The van der Waals surface area contributed by atoms with Gasteiger partial charge >= 0.3 is 0 Å². The molecule has 1 N–H and O–H groups in total. The molecule has 0 aromatic heterocycles. The molecule has 0 saturated carbocycles. The van der Waals surface area contributed by atoms with Crippen LogP contribution in [-0.2, 0) is 15.5 Å². The van der Waals surface area contributed by atoms with Crippen LogP contribution in [0.2, 0.25) is 0 Å². The van der Waals surface area contributed by atoms with Crippen molar-refractivity contribution in [3.8, 4) is 51.4 Å². The maximum absolute atomic E-state index is 13.6. The minimum Gasteiger partial charge on any atom is -0.497 e. The number of hydrogen-bond donors (Lipinski definition) is 1. The van der Waals surface area contributed by atoms with E-state index in [1.165, 1.54) is 34.4 Å². The second-order valence-electron chi connectivity index (χ2n) is 16.6. The largest absolute Gasteiger partial charge is 0.497 e. The summed E-state index contributed by atoms with van der Waals surface area (Å²) in [6.07, 6.45) is 0. The Bertz CT molecular complexity index is 3430. The van der Waals surface area contributed by atoms with Crippen molar-refractivity contribution in [2.45, 2.75) is 17.2 Å². The van der Waals surface area contributed by atoms with E-state index < -0.39 is 20.4 Å². The summed E-state index contributed by atoms with van der Waals surface area (Å²) in [6, 6.07) is 64.3. The molecule has 0 amide bonds. The van der Waals surface area contributed by atoms with Crippen molar-refractivity contribution in [2.24, 2.45) is 0 Å². The van der Waals surface area contributed by atoms with Gasteiger partial charge in [-0.1, -0.05) is 103 Å². The maximum atomic E-state index is 13.6. The Morgan fingerprint density at radius 2 is 0.797 bits per heavy atom. The lowest BCUT2D eigenvalue weighted by Gasteiger charge is -2.34. The number of hydrogen-bond acceptors (Lipinski definition) is 8. The zero-order valence-corrected chi connectivity index (χ0v) is 38.1. The van der Waals surface area contributed by atoms with Crippen molar-refractivity contribution < 1.29 is 41.5 Å². The minimum atomic E-state index is -4.75. The molecular weight excluding hydrogens is 885 g/mol. The molecule has 0 radical (unpaired) electrons. The van der Waals surface area contributed by atoms with Gasteiger partial charge in [0, 0.05) is 28.3 Å². The Labute approximate surface area is 399 Å². The Morgan fingerprint density at radius 3 is 1.23 bits per heavy atom. The highest BCUT2D eigenvalue weighted by atomic mass is 32.2. The van der Waals surface area contributed by atoms with E-state index in [0.29, 0.717) is 39.5 Å². The third-order valence-electron chi connectivity index (χ3n) is 12.3. The second kappa shape index (κ2) is 18.3. The molecule has 69 heavy (non-hydrogen) atoms. The van der Waals surface area contributed by atoms with Gasteiger partial charge < -0.3 is 18.9 Å². The van der Waals surface area contributed by atoms with Crippen molar-refractivity contribution in [1.29, 1.82) is 0 Å². The highest BCUT2D eigenvalue weighted by Crippen LogP contribution is 2.56. The van der Waals surface area contributed by atoms with Gasteiger partial charge in [0.05, 0.1) is 12.5 Å². The molecule has 9 nitrogen and oxygen atoms in total. The number of rotatable bonds is 14. The number of ketones is 2. The lowest BCUT2D eigenvalue weighted by molar-refractivity contribution is 0.103. The molecule has 0 bridgehead atoms. The summed E-state index contributed by atoms with van der Waals surface area (Å²) >= 11 is 0. The van der Waals surface area contributed by atoms with E-state index in [-0.39, 0.29) is 28.8 Å². The number of fused-ring (bicyclic) bond motifs is 3. The van der Waals surface area contributed by atoms with Gasteiger partial charge in [-0.25, -0.2) is 0 Å². The quantitative estimate of drug-likeness (QED) is 0.0838. The fourth-order valence-electron chi connectivity index (χ4n) is 8.94. The van der Waals surface area contributed by atoms with Crippen molar-refractivity contribution >= 4 is 21.7 Å². The van der Waals surface area contributed by atoms with Crippen molar-refractivity contribution in [3.05, 3.63) is 262 Å². The van der Waals surface area contributed by atoms with E-state index in [9.17, 15) is 22.6 Å². The molecule has 0 aliphatic heterocycles. The second-order valence-corrected chi connectivity index (χ2v) is 18.0. The smallest absolute Gasteiger partial charge is 0.298 e. The summed E-state index contributed by atoms with van der Waals surface area (Å²) in [5.74, 6) is 2.13. The molecule has 0 heterocycles. The van der Waals surface area contributed by atoms with E-state index >= 15 is 0 Å². The zero-order chi connectivity index (χ0) is 47.7. The fraction of sp³-hybridized carbons (Fsp3) is 0.0508. The van der Waals surface area contributed by atoms with Crippen LogP contribution in [0.5, 0.6) is 40.2 Å². The van der Waals surface area contributed by atoms with Gasteiger partial charge in [0.1, 0.15) is 45.1 Å². The van der Waals surface area contributed by atoms with Crippen molar-refractivity contribution in [3.63, 3.8) is 0 Å². The lowest BCUT2D eigenvalue weighted by Crippen LogP contribution is -2.28. The van der Waals surface area contributed by atoms with Crippen LogP contribution in [0.25, 0.3) is 11.1 Å². The number of methoxy groups -OCH3 is 1. The first kappa shape index (κ1) is 44.3. The summed E-state index contributed by atoms with van der Waals surface area (Å²) in [5.41, 5.74) is 9.30. The normalized spacial score (nSPS) is 12.3. The van der Waals surface area contributed by atoms with E-state index in [1.807, 2.05) is 43.3 Å². The van der Waals surface area contributed by atoms with Crippen LogP contribution >= 0.6 is 0 Å². The molecule has 0 fully saturated rings. The minimum absolute atomic E-state index is 0.101. The molecule has 338 valence electrons. The number of ether oxygens (including phenoxy) is 4. The Hall–Kier alpha value is -8.57. The molecule has 1 aliphatic carbocycles. The third kappa shape index (κ3) is 8.66. The SMILES string of the molecule is COc1ccc(C2(c3ccc(Oc4ccc(C(=O)c5ccc(Oc6ccc(Oc7ccc(C(=O)c8ccc(C)cc8)cc7)c(S(=O)(=O)O)c6)cc5)cc4)cc3)c3ccccc3-c3ccccc32)cc1. The maximum Gasteiger partial charge on any atom is 0.298 e. The summed E-state index contributed by atoms with van der Waals surface area (Å²) in [6.45, 7) is 1.94. The molecule has 1 aliphatic rings. The van der Waals surface area contributed by atoms with Gasteiger partial charge in [-0.3, -0.25) is 14.1 Å². The number of benzene rings is 9. The van der Waals surface area contributed by atoms with Gasteiger partial charge in [-0.05, 0) is 149 Å². The van der Waals surface area contributed by atoms with Crippen LogP contribution in [0, 0.1) is 6.92 Å². The van der Waals surface area contributed by atoms with Gasteiger partial charge in [0.25, 0.3) is 10.1 Å². The highest BCUT2D eigenvalue weighted by Gasteiger charge is 2.46. The molecule has 0 atom stereocenters. The van der Waals surface area contributed by atoms with E-state index in [2.05, 4.69) is 72.8 Å². The van der Waals surface area contributed by atoms with Gasteiger partial charge in [-0.2, -0.15) is 8.42 Å². The summed E-state index contributed by atoms with van der Waals surface area (Å²) < 4.78 is 58.6. The lowest BCUT2D eigenvalue weighted by atomic mass is 9.68. The highest BCUT2D eigenvalue weighted by molar-refractivity contribution is 7.86. The van der Waals surface area contributed by atoms with Crippen LogP contribution in [-0.4, -0.2) is 31.6 Å². The average molecular weight is 927 g/mol. The van der Waals surface area contributed by atoms with Crippen LogP contribution in [0.15, 0.2) is 217 Å². The first-order valence-corrected chi connectivity index (χ1v) is 23.5. The van der Waals surface area contributed by atoms with Crippen LogP contribution in [0.3, 0.4) is 0 Å². The first-order valence-electron chi connectivity index (χ1n) is 22.0. The van der Waals surface area contributed by atoms with E-state index in [0.717, 1.165) is 28.5 Å². The summed E-state index contributed by atoms with van der Waals surface area (Å²) in [4.78, 5) is 26.0. The average Bonchev–Trinajstić information content (AvgIpc) is 3.68. The van der Waals surface area contributed by atoms with Crippen LogP contribution < -0.4 is 18.9 Å². The topological polar surface area (TPSA) is 125 Å². The molecule has 0 saturated heterocycles. The van der Waals surface area contributed by atoms with Crippen molar-refractivity contribution in [2.75, 3.05) is 7.11 Å². The molecule has 0 unspecified atom stereocenters. The monoisotopic (exact) mass is 926 g/mol. The molecule has 10 rings (SSSR count). The van der Waals surface area contributed by atoms with Crippen LogP contribution in [0.1, 0.15) is 59.7 Å². The number of carbonyl (C=O) groups is 2. The van der Waals surface area contributed by atoms with Crippen LogP contribution in [0.4, 0.5) is 0 Å². The molecular formula is C59H42O9S. The Kier molecular flexibility index (Phi) is 11.7. The van der Waals surface area contributed by atoms with E-state index in [4.69, 9.17) is 18.9 Å². The molecule has 10 heteroatoms. The van der Waals surface area contributed by atoms with Crippen molar-refractivity contribution in [1.82, 2.24) is 0 Å². The van der Waals surface area contributed by atoms with Gasteiger partial charge in [0.15, 0.2) is 11.6 Å². The van der Waals surface area contributed by atoms with Gasteiger partial charge in [-0.15, -0.1) is 0 Å². The standard InChI is InChI=1S/C59H42O9S/c1-38-11-13-39(14-12-38)57(60)42-19-29-49(30-20-42)68-55-36-35-50(37-56(55)69(62,63)64)67-47-27-17-41(18-28-47)58(61)40-15-25-46(26-16-40)66-48-33-23-44(24-34-48)59(43-21-31-45(65-2)32-22-43)53-9-5-3-7-51(53)52-8-4-6-10-54(52)59/h3-37H,1-2H3,(H,62,63,64). The number of aryl methyl sites for hydroxylation is 1. The number of carbonyl (C=O) groups excluding carboxylic acids is 2. The Balaban J connectivity index is 0.808. The van der Waals surface area contributed by atoms with Gasteiger partial charge in [0.2, 0.25) is 0 Å². The predicted molar refractivity (Wildman–Crippen MR) is 264 cm³/mol. The van der Waals surface area contributed by atoms with E-state index in [1.54, 1.807) is 92.0 Å². The molecule has 0 spiro atoms.